The van der Waals surface area contributed by atoms with Crippen LogP contribution in [0.2, 0.25) is 0 Å². The number of nitrogen functional groups attached to an aromatic ring is 1. The molecule has 1 fully saturated rings. The minimum atomic E-state index is -3.56. The number of carbonyl (C=O) groups is 1. The fourth-order valence-electron chi connectivity index (χ4n) is 4.25. The first-order valence-corrected chi connectivity index (χ1v) is 15.2. The van der Waals surface area contributed by atoms with Gasteiger partial charge in [-0.25, -0.2) is 14.3 Å². The first-order chi connectivity index (χ1) is 18.8. The molecule has 0 saturated carbocycles. The van der Waals surface area contributed by atoms with Crippen LogP contribution in [-0.2, 0) is 30.6 Å². The Labute approximate surface area is 235 Å². The maximum Gasteiger partial charge on any atom is 0.351 e. The molecule has 6 atom stereocenters. The third-order valence-electron chi connectivity index (χ3n) is 6.26. The van der Waals surface area contributed by atoms with Crippen molar-refractivity contribution in [2.24, 2.45) is 0 Å². The van der Waals surface area contributed by atoms with Gasteiger partial charge in [0.15, 0.2) is 11.9 Å². The average Bonchev–Trinajstić information content (AvgIpc) is 3.11. The predicted octanol–water partition coefficient (Wildman–Crippen LogP) is 3.22. The van der Waals surface area contributed by atoms with E-state index in [1.807, 2.05) is 30.3 Å². The molecule has 3 aromatic rings. The van der Waals surface area contributed by atoms with Gasteiger partial charge in [0.25, 0.3) is 0 Å². The average molecular weight is 595 g/mol. The molecule has 11 nitrogen and oxygen atoms in total. The number of halogens is 1. The molecule has 216 valence electrons. The summed E-state index contributed by atoms with van der Waals surface area (Å²) in [6, 6.07) is 13.3. The van der Waals surface area contributed by atoms with Crippen LogP contribution in [0.3, 0.4) is 0 Å². The SMILES string of the molecule is CC(C)OC(=O)[C@H](C)NP(=S)(OC[C@H]1O[C@@H](n2ccc(N)nc2=O)[C@](C)(F)[C@@H]1O)Oc1cccc2ccccc12. The maximum atomic E-state index is 15.7. The number of alkyl halides is 1. The lowest BCUT2D eigenvalue weighted by atomic mass is 9.98. The smallest absolute Gasteiger partial charge is 0.351 e. The van der Waals surface area contributed by atoms with E-state index in [1.165, 1.54) is 12.3 Å². The monoisotopic (exact) mass is 594 g/mol. The number of aliphatic hydroxyl groups is 1. The van der Waals surface area contributed by atoms with Crippen LogP contribution < -0.4 is 21.0 Å². The van der Waals surface area contributed by atoms with Gasteiger partial charge in [0.05, 0.1) is 12.7 Å². The van der Waals surface area contributed by atoms with E-state index in [-0.39, 0.29) is 11.9 Å². The van der Waals surface area contributed by atoms with Gasteiger partial charge in [0.1, 0.15) is 29.8 Å². The van der Waals surface area contributed by atoms with Crippen LogP contribution in [0.4, 0.5) is 10.2 Å². The predicted molar refractivity (Wildman–Crippen MR) is 151 cm³/mol. The minimum Gasteiger partial charge on any atom is -0.462 e. The topological polar surface area (TPSA) is 147 Å². The molecule has 1 aromatic heterocycles. The van der Waals surface area contributed by atoms with Crippen molar-refractivity contribution in [1.82, 2.24) is 14.6 Å². The summed E-state index contributed by atoms with van der Waals surface area (Å²) in [5.74, 6) is -0.209. The lowest BCUT2D eigenvalue weighted by molar-refractivity contribution is -0.149. The molecule has 1 unspecified atom stereocenters. The second-order valence-electron chi connectivity index (χ2n) is 9.86. The van der Waals surface area contributed by atoms with E-state index in [9.17, 15) is 14.7 Å². The van der Waals surface area contributed by atoms with Gasteiger partial charge < -0.3 is 29.4 Å². The van der Waals surface area contributed by atoms with Gasteiger partial charge in [-0.2, -0.15) is 4.98 Å². The van der Waals surface area contributed by atoms with Crippen LogP contribution in [0.5, 0.6) is 5.75 Å². The number of rotatable bonds is 10. The van der Waals surface area contributed by atoms with Crippen molar-refractivity contribution in [3.63, 3.8) is 0 Å². The molecule has 0 bridgehead atoms. The van der Waals surface area contributed by atoms with E-state index >= 15 is 4.39 Å². The molecule has 1 aliphatic heterocycles. The summed E-state index contributed by atoms with van der Waals surface area (Å²) in [5.41, 5.74) is 2.31. The number of aromatic nitrogens is 2. The zero-order valence-corrected chi connectivity index (χ0v) is 24.1. The number of nitrogens with two attached hydrogens (primary N) is 1. The Kier molecular flexibility index (Phi) is 8.93. The molecule has 0 amide bonds. The van der Waals surface area contributed by atoms with Gasteiger partial charge in [-0.05, 0) is 57.0 Å². The molecule has 2 heterocycles. The molecule has 40 heavy (non-hydrogen) atoms. The van der Waals surface area contributed by atoms with E-state index in [0.29, 0.717) is 5.75 Å². The van der Waals surface area contributed by atoms with Gasteiger partial charge in [-0.3, -0.25) is 9.36 Å². The highest BCUT2D eigenvalue weighted by atomic mass is 32.5. The fourth-order valence-corrected chi connectivity index (χ4v) is 6.66. The maximum absolute atomic E-state index is 15.7. The highest BCUT2D eigenvalue weighted by molar-refractivity contribution is 8.09. The minimum absolute atomic E-state index is 0.0392. The molecular weight excluding hydrogens is 562 g/mol. The molecule has 4 N–H and O–H groups in total. The number of fused-ring (bicyclic) bond motifs is 1. The highest BCUT2D eigenvalue weighted by Crippen LogP contribution is 2.49. The van der Waals surface area contributed by atoms with Crippen molar-refractivity contribution < 1.29 is 32.8 Å². The van der Waals surface area contributed by atoms with Crippen molar-refractivity contribution in [2.45, 2.75) is 63.9 Å². The molecule has 1 saturated heterocycles. The van der Waals surface area contributed by atoms with Crippen LogP contribution >= 0.6 is 6.64 Å². The van der Waals surface area contributed by atoms with Crippen molar-refractivity contribution in [2.75, 3.05) is 12.3 Å². The molecular formula is C26H32FN4O7PS. The van der Waals surface area contributed by atoms with Gasteiger partial charge in [0, 0.05) is 11.6 Å². The standard InChI is InChI=1S/C26H32FN4O7PS/c1-15(2)36-23(33)16(3)30-39(40,38-19-11-7-9-17-8-5-6-10-18(17)19)35-14-20-22(32)26(4,27)24(37-20)31-13-12-21(28)29-25(31)34/h5-13,15-16,20,22,24,32H,14H2,1-4H3,(H,30,40)(H2,28,29,34)/t16-,20+,22+,24+,26+,39?/m0/s1. The number of hydrogen-bond acceptors (Lipinski definition) is 10. The van der Waals surface area contributed by atoms with E-state index in [2.05, 4.69) is 10.1 Å². The number of anilines is 1. The fraction of sp³-hybridized carbons (Fsp3) is 0.423. The number of benzene rings is 2. The van der Waals surface area contributed by atoms with Gasteiger partial charge >= 0.3 is 18.3 Å². The van der Waals surface area contributed by atoms with Gasteiger partial charge in [-0.1, -0.05) is 36.4 Å². The first kappa shape index (κ1) is 30.0. The second-order valence-corrected chi connectivity index (χ2v) is 13.0. The summed E-state index contributed by atoms with van der Waals surface area (Å²) in [5, 5.41) is 15.4. The molecule has 4 rings (SSSR count). The third-order valence-corrected chi connectivity index (χ3v) is 8.74. The van der Waals surface area contributed by atoms with E-state index in [1.54, 1.807) is 32.9 Å². The lowest BCUT2D eigenvalue weighted by Crippen LogP contribution is -2.43. The number of nitrogens with zero attached hydrogens (tertiary/aromatic N) is 2. The largest absolute Gasteiger partial charge is 0.462 e. The Morgan fingerprint density at radius 1 is 1.27 bits per heavy atom. The molecule has 1 aliphatic rings. The normalized spacial score (nSPS) is 25.0. The Morgan fingerprint density at radius 2 is 1.98 bits per heavy atom. The number of carbonyl (C=O) groups excluding carboxylic acids is 1. The van der Waals surface area contributed by atoms with Crippen LogP contribution in [0.1, 0.15) is 33.9 Å². The van der Waals surface area contributed by atoms with Crippen LogP contribution in [0.15, 0.2) is 59.5 Å². The molecule has 2 aromatic carbocycles. The number of ether oxygens (including phenoxy) is 2. The summed E-state index contributed by atoms with van der Waals surface area (Å²) in [7, 11) is 0. The van der Waals surface area contributed by atoms with Crippen LogP contribution in [0.25, 0.3) is 10.8 Å². The zero-order chi connectivity index (χ0) is 29.2. The Balaban J connectivity index is 1.59. The number of nitrogens with one attached hydrogen (secondary N) is 1. The Bertz CT molecular complexity index is 1480. The summed E-state index contributed by atoms with van der Waals surface area (Å²) in [6.07, 6.45) is -3.59. The van der Waals surface area contributed by atoms with Crippen molar-refractivity contribution >= 4 is 41.0 Å². The Hall–Kier alpha value is -2.93. The van der Waals surface area contributed by atoms with Gasteiger partial charge in [-0.15, -0.1) is 0 Å². The molecule has 0 aliphatic carbocycles. The molecule has 0 spiro atoms. The van der Waals surface area contributed by atoms with Crippen molar-refractivity contribution in [3.05, 3.63) is 65.2 Å². The summed E-state index contributed by atoms with van der Waals surface area (Å²) >= 11 is 5.78. The van der Waals surface area contributed by atoms with E-state index in [4.69, 9.17) is 36.1 Å². The number of aliphatic hydroxyl groups excluding tert-OH is 1. The second kappa shape index (κ2) is 11.9. The quantitative estimate of drug-likeness (QED) is 0.235. The summed E-state index contributed by atoms with van der Waals surface area (Å²) in [4.78, 5) is 28.5. The summed E-state index contributed by atoms with van der Waals surface area (Å²) < 4.78 is 39.8. The first-order valence-electron chi connectivity index (χ1n) is 12.6. The number of esters is 1. The van der Waals surface area contributed by atoms with Gasteiger partial charge in [0.2, 0.25) is 0 Å². The Morgan fingerprint density at radius 3 is 2.67 bits per heavy atom. The van der Waals surface area contributed by atoms with E-state index in [0.717, 1.165) is 22.3 Å². The molecule has 14 heteroatoms. The zero-order valence-electron chi connectivity index (χ0n) is 22.4. The van der Waals surface area contributed by atoms with Crippen LogP contribution in [-0.4, -0.2) is 57.3 Å². The number of hydrogen-bond donors (Lipinski definition) is 3. The van der Waals surface area contributed by atoms with Crippen molar-refractivity contribution in [1.29, 1.82) is 0 Å². The summed E-state index contributed by atoms with van der Waals surface area (Å²) in [6.45, 7) is 2.12. The lowest BCUT2D eigenvalue weighted by Gasteiger charge is -2.28. The van der Waals surface area contributed by atoms with Crippen molar-refractivity contribution in [3.8, 4) is 5.75 Å². The highest BCUT2D eigenvalue weighted by Gasteiger charge is 2.55. The third kappa shape index (κ3) is 6.51. The van der Waals surface area contributed by atoms with Crippen LogP contribution in [0, 0.1) is 0 Å². The van der Waals surface area contributed by atoms with E-state index < -0.39 is 55.1 Å². The molecule has 0 radical (unpaired) electrons.